The van der Waals surface area contributed by atoms with Gasteiger partial charge in [0.05, 0.1) is 0 Å². The van der Waals surface area contributed by atoms with Gasteiger partial charge >= 0.3 is 0 Å². The molecular formula is C19H31FIN5O. The largest absolute Gasteiger partial charge is 0.357 e. The Morgan fingerprint density at radius 2 is 2.11 bits per heavy atom. The highest BCUT2D eigenvalue weighted by atomic mass is 127. The summed E-state index contributed by atoms with van der Waals surface area (Å²) in [5.41, 5.74) is 0.431. The molecule has 1 aromatic carbocycles. The molecule has 1 aliphatic rings. The molecule has 0 spiro atoms. The predicted octanol–water partition coefficient (Wildman–Crippen LogP) is 2.67. The van der Waals surface area contributed by atoms with E-state index in [1.165, 1.54) is 12.1 Å². The van der Waals surface area contributed by atoms with Gasteiger partial charge in [-0.05, 0) is 44.9 Å². The van der Waals surface area contributed by atoms with Crippen LogP contribution in [0, 0.1) is 11.7 Å². The Morgan fingerprint density at radius 1 is 1.37 bits per heavy atom. The Bertz CT molecular complexity index is 640. The van der Waals surface area contributed by atoms with Crippen molar-refractivity contribution in [2.24, 2.45) is 10.9 Å². The maximum atomic E-state index is 13.2. The maximum absolute atomic E-state index is 13.2. The number of benzene rings is 1. The summed E-state index contributed by atoms with van der Waals surface area (Å²) < 4.78 is 13.2. The Balaban J connectivity index is 0.00000364. The van der Waals surface area contributed by atoms with E-state index in [9.17, 15) is 9.18 Å². The highest BCUT2D eigenvalue weighted by Crippen LogP contribution is 2.18. The summed E-state index contributed by atoms with van der Waals surface area (Å²) in [5.74, 6) is 0.467. The lowest BCUT2D eigenvalue weighted by atomic mass is 10.1. The number of nitrogens with one attached hydrogen (secondary N) is 3. The number of guanidine groups is 1. The zero-order chi connectivity index (χ0) is 19.1. The van der Waals surface area contributed by atoms with Gasteiger partial charge in [0.25, 0.3) is 0 Å². The summed E-state index contributed by atoms with van der Waals surface area (Å²) in [4.78, 5) is 18.9. The molecule has 2 atom stereocenters. The van der Waals surface area contributed by atoms with Crippen molar-refractivity contribution in [2.75, 3.05) is 31.5 Å². The second-order valence-electron chi connectivity index (χ2n) is 7.03. The Kier molecular flexibility index (Phi) is 10.00. The Hall–Kier alpha value is -1.42. The number of aliphatic imine (C=N–C) groups is 1. The van der Waals surface area contributed by atoms with Crippen LogP contribution in [0.15, 0.2) is 29.3 Å². The average Bonchev–Trinajstić information content (AvgIpc) is 2.94. The first kappa shape index (κ1) is 23.6. The fraction of sp³-hybridized carbons (Fsp3) is 0.579. The number of halogens is 2. The van der Waals surface area contributed by atoms with Crippen molar-refractivity contribution < 1.29 is 9.18 Å². The minimum atomic E-state index is -0.383. The minimum Gasteiger partial charge on any atom is -0.357 e. The normalized spacial score (nSPS) is 20.3. The van der Waals surface area contributed by atoms with E-state index >= 15 is 0 Å². The third-order valence-corrected chi connectivity index (χ3v) is 4.53. The fourth-order valence-electron chi connectivity index (χ4n) is 3.03. The van der Waals surface area contributed by atoms with E-state index in [-0.39, 0.29) is 42.2 Å². The number of hydrogen-bond donors (Lipinski definition) is 3. The number of amides is 1. The number of likely N-dealkylation sites (tertiary alicyclic amines) is 1. The van der Waals surface area contributed by atoms with E-state index in [4.69, 9.17) is 0 Å². The first-order chi connectivity index (χ1) is 12.4. The third kappa shape index (κ3) is 7.61. The van der Waals surface area contributed by atoms with Gasteiger partial charge in [0.15, 0.2) is 5.96 Å². The monoisotopic (exact) mass is 491 g/mol. The van der Waals surface area contributed by atoms with E-state index in [2.05, 4.69) is 46.6 Å². The van der Waals surface area contributed by atoms with E-state index in [1.54, 1.807) is 12.1 Å². The van der Waals surface area contributed by atoms with Crippen molar-refractivity contribution in [3.63, 3.8) is 0 Å². The van der Waals surface area contributed by atoms with Crippen LogP contribution in [-0.2, 0) is 4.79 Å². The molecule has 6 nitrogen and oxygen atoms in total. The van der Waals surface area contributed by atoms with Gasteiger partial charge in [-0.15, -0.1) is 24.0 Å². The Morgan fingerprint density at radius 3 is 2.70 bits per heavy atom. The number of rotatable bonds is 6. The predicted molar refractivity (Wildman–Crippen MR) is 119 cm³/mol. The van der Waals surface area contributed by atoms with Crippen LogP contribution in [-0.4, -0.2) is 55.0 Å². The molecule has 1 aromatic rings. The lowest BCUT2D eigenvalue weighted by molar-refractivity contribution is -0.114. The third-order valence-electron chi connectivity index (χ3n) is 4.53. The Labute approximate surface area is 178 Å². The molecule has 0 aliphatic carbocycles. The second-order valence-corrected chi connectivity index (χ2v) is 7.03. The lowest BCUT2D eigenvalue weighted by Gasteiger charge is -2.21. The lowest BCUT2D eigenvalue weighted by Crippen LogP contribution is -2.47. The van der Waals surface area contributed by atoms with Crippen molar-refractivity contribution in [1.82, 2.24) is 15.5 Å². The first-order valence-electron chi connectivity index (χ1n) is 9.23. The highest BCUT2D eigenvalue weighted by Gasteiger charge is 2.31. The van der Waals surface area contributed by atoms with Gasteiger partial charge in [0, 0.05) is 37.4 Å². The van der Waals surface area contributed by atoms with E-state index < -0.39 is 0 Å². The minimum absolute atomic E-state index is 0. The van der Waals surface area contributed by atoms with Crippen LogP contribution in [0.3, 0.4) is 0 Å². The SMILES string of the molecule is CCNC(=NCC(=O)Nc1cccc(F)c1)NC1CN(C(C)C)CC1C.I. The topological polar surface area (TPSA) is 68.8 Å². The number of hydrogen-bond acceptors (Lipinski definition) is 3. The van der Waals surface area contributed by atoms with Crippen molar-refractivity contribution >= 4 is 41.5 Å². The summed E-state index contributed by atoms with van der Waals surface area (Å²) >= 11 is 0. The number of carbonyl (C=O) groups excluding carboxylic acids is 1. The van der Waals surface area contributed by atoms with Gasteiger partial charge in [-0.3, -0.25) is 9.69 Å². The van der Waals surface area contributed by atoms with Gasteiger partial charge in [0.2, 0.25) is 5.91 Å². The molecule has 1 saturated heterocycles. The fourth-order valence-corrected chi connectivity index (χ4v) is 3.03. The van der Waals surface area contributed by atoms with Gasteiger partial charge in [-0.1, -0.05) is 13.0 Å². The van der Waals surface area contributed by atoms with Crippen LogP contribution >= 0.6 is 24.0 Å². The van der Waals surface area contributed by atoms with Crippen LogP contribution in [0.5, 0.6) is 0 Å². The van der Waals surface area contributed by atoms with Gasteiger partial charge in [0.1, 0.15) is 12.4 Å². The molecule has 2 unspecified atom stereocenters. The van der Waals surface area contributed by atoms with Crippen LogP contribution in [0.1, 0.15) is 27.7 Å². The van der Waals surface area contributed by atoms with E-state index in [0.29, 0.717) is 36.2 Å². The molecule has 8 heteroatoms. The zero-order valence-corrected chi connectivity index (χ0v) is 18.8. The molecule has 0 radical (unpaired) electrons. The molecule has 0 bridgehead atoms. The average molecular weight is 491 g/mol. The molecule has 0 aromatic heterocycles. The van der Waals surface area contributed by atoms with Crippen LogP contribution in [0.2, 0.25) is 0 Å². The quantitative estimate of drug-likeness (QED) is 0.325. The first-order valence-corrected chi connectivity index (χ1v) is 9.23. The van der Waals surface area contributed by atoms with E-state index in [0.717, 1.165) is 13.1 Å². The summed E-state index contributed by atoms with van der Waals surface area (Å²) in [6, 6.07) is 6.63. The van der Waals surface area contributed by atoms with Crippen LogP contribution in [0.4, 0.5) is 10.1 Å². The molecule has 27 heavy (non-hydrogen) atoms. The molecular weight excluding hydrogens is 460 g/mol. The van der Waals surface area contributed by atoms with Gasteiger partial charge in [-0.25, -0.2) is 9.38 Å². The van der Waals surface area contributed by atoms with Crippen molar-refractivity contribution in [1.29, 1.82) is 0 Å². The van der Waals surface area contributed by atoms with E-state index in [1.807, 2.05) is 6.92 Å². The standard InChI is InChI=1S/C19H30FN5O.HI/c1-5-21-19(24-17-12-25(13(2)3)11-14(17)4)22-10-18(26)23-16-8-6-7-15(20)9-16;/h6-9,13-14,17H,5,10-12H2,1-4H3,(H,23,26)(H2,21,22,24);1H. The molecule has 1 fully saturated rings. The van der Waals surface area contributed by atoms with Gasteiger partial charge in [-0.2, -0.15) is 0 Å². The maximum Gasteiger partial charge on any atom is 0.246 e. The summed E-state index contributed by atoms with van der Waals surface area (Å²) in [5, 5.41) is 9.27. The smallest absolute Gasteiger partial charge is 0.246 e. The van der Waals surface area contributed by atoms with Crippen molar-refractivity contribution in [3.05, 3.63) is 30.1 Å². The number of carbonyl (C=O) groups is 1. The molecule has 152 valence electrons. The van der Waals surface area contributed by atoms with Crippen molar-refractivity contribution in [3.8, 4) is 0 Å². The molecule has 1 aliphatic heterocycles. The van der Waals surface area contributed by atoms with Crippen LogP contribution < -0.4 is 16.0 Å². The highest BCUT2D eigenvalue weighted by molar-refractivity contribution is 14.0. The van der Waals surface area contributed by atoms with Gasteiger partial charge < -0.3 is 16.0 Å². The van der Waals surface area contributed by atoms with Crippen molar-refractivity contribution in [2.45, 2.75) is 39.8 Å². The number of nitrogens with zero attached hydrogens (tertiary/aromatic N) is 2. The zero-order valence-electron chi connectivity index (χ0n) is 16.5. The summed E-state index contributed by atoms with van der Waals surface area (Å²) in [6.45, 7) is 11.3. The second kappa shape index (κ2) is 11.4. The molecule has 2 rings (SSSR count). The van der Waals surface area contributed by atoms with Crippen LogP contribution in [0.25, 0.3) is 0 Å². The molecule has 1 heterocycles. The molecule has 1 amide bonds. The molecule has 0 saturated carbocycles. The molecule has 3 N–H and O–H groups in total. The summed E-state index contributed by atoms with van der Waals surface area (Å²) in [7, 11) is 0. The summed E-state index contributed by atoms with van der Waals surface area (Å²) in [6.07, 6.45) is 0. The number of anilines is 1.